The number of carbonyl (C=O) groups excluding carboxylic acids is 3. The highest BCUT2D eigenvalue weighted by Gasteiger charge is 2.39. The summed E-state index contributed by atoms with van der Waals surface area (Å²) in [4.78, 5) is 55.0. The first-order valence-electron chi connectivity index (χ1n) is 10.5. The van der Waals surface area contributed by atoms with E-state index in [-0.39, 0.29) is 13.1 Å². The second-order valence-electron chi connectivity index (χ2n) is 7.90. The highest BCUT2D eigenvalue weighted by molar-refractivity contribution is 6.30. The summed E-state index contributed by atoms with van der Waals surface area (Å²) in [6.07, 6.45) is 0.885. The van der Waals surface area contributed by atoms with E-state index in [0.29, 0.717) is 17.3 Å². The summed E-state index contributed by atoms with van der Waals surface area (Å²) < 4.78 is 0. The molecule has 2 aliphatic rings. The molecular formula is C22H22ClN7O4. The van der Waals surface area contributed by atoms with Gasteiger partial charge in [0.15, 0.2) is 6.29 Å². The number of halogens is 1. The van der Waals surface area contributed by atoms with Gasteiger partial charge in [0.25, 0.3) is 5.91 Å². The van der Waals surface area contributed by atoms with E-state index < -0.39 is 30.2 Å². The predicted octanol–water partition coefficient (Wildman–Crippen LogP) is 3.74. The number of amides is 5. The average Bonchev–Trinajstić information content (AvgIpc) is 2.84. The van der Waals surface area contributed by atoms with Gasteiger partial charge in [-0.15, -0.1) is 4.91 Å². The number of carbonyl (C=O) groups is 3. The van der Waals surface area contributed by atoms with E-state index in [2.05, 4.69) is 26.1 Å². The number of nitrogens with one attached hydrogen (secondary N) is 3. The molecule has 5 amide bonds. The zero-order valence-corrected chi connectivity index (χ0v) is 19.0. The van der Waals surface area contributed by atoms with Crippen LogP contribution in [0.1, 0.15) is 12.5 Å². The van der Waals surface area contributed by atoms with Crippen LogP contribution in [-0.4, -0.2) is 53.4 Å². The molecule has 176 valence electrons. The molecule has 4 rings (SSSR count). The van der Waals surface area contributed by atoms with E-state index in [9.17, 15) is 19.3 Å². The lowest BCUT2D eigenvalue weighted by Gasteiger charge is -2.41. The molecule has 0 aromatic heterocycles. The van der Waals surface area contributed by atoms with Crippen LogP contribution in [0.2, 0.25) is 5.02 Å². The quantitative estimate of drug-likeness (QED) is 0.513. The SMILES string of the molecule is C[C@@H](CN1C(=O)NC(Nc2ccc3c(c2)NCC=N3)N(Cc2ccc(Cl)cc2)C1=O)C(=O)N=O. The molecule has 12 heteroatoms. The smallest absolute Gasteiger partial charge is 0.331 e. The highest BCUT2D eigenvalue weighted by atomic mass is 35.5. The second-order valence-corrected chi connectivity index (χ2v) is 8.34. The third kappa shape index (κ3) is 4.99. The van der Waals surface area contributed by atoms with Crippen molar-refractivity contribution < 1.29 is 14.4 Å². The Balaban J connectivity index is 1.59. The summed E-state index contributed by atoms with van der Waals surface area (Å²) in [7, 11) is 0. The average molecular weight is 484 g/mol. The van der Waals surface area contributed by atoms with Crippen molar-refractivity contribution in [2.75, 3.05) is 23.7 Å². The van der Waals surface area contributed by atoms with Crippen LogP contribution in [0.3, 0.4) is 0 Å². The fourth-order valence-electron chi connectivity index (χ4n) is 3.62. The molecule has 0 radical (unpaired) electrons. The van der Waals surface area contributed by atoms with Crippen LogP contribution in [0.15, 0.2) is 52.6 Å². The summed E-state index contributed by atoms with van der Waals surface area (Å²) >= 11 is 5.98. The Labute approximate surface area is 200 Å². The fourth-order valence-corrected chi connectivity index (χ4v) is 3.75. The van der Waals surface area contributed by atoms with Gasteiger partial charge >= 0.3 is 12.1 Å². The Kier molecular flexibility index (Phi) is 6.73. The van der Waals surface area contributed by atoms with Crippen molar-refractivity contribution in [1.29, 1.82) is 0 Å². The van der Waals surface area contributed by atoms with Crippen molar-refractivity contribution in [3.63, 3.8) is 0 Å². The second kappa shape index (κ2) is 9.87. The number of aliphatic imine (C=N–C) groups is 1. The van der Waals surface area contributed by atoms with Gasteiger partial charge in [0.1, 0.15) is 0 Å². The van der Waals surface area contributed by atoms with Gasteiger partial charge in [-0.1, -0.05) is 30.7 Å². The molecule has 34 heavy (non-hydrogen) atoms. The molecule has 0 aliphatic carbocycles. The molecule has 11 nitrogen and oxygen atoms in total. The van der Waals surface area contributed by atoms with E-state index in [0.717, 1.165) is 21.8 Å². The zero-order chi connectivity index (χ0) is 24.2. The molecule has 2 aromatic carbocycles. The minimum atomic E-state index is -0.936. The number of nitroso groups, excluding NO2 is 1. The topological polar surface area (TPSA) is 136 Å². The fraction of sp³-hybridized carbons (Fsp3) is 0.273. The van der Waals surface area contributed by atoms with Crippen molar-refractivity contribution in [3.8, 4) is 0 Å². The highest BCUT2D eigenvalue weighted by Crippen LogP contribution is 2.30. The van der Waals surface area contributed by atoms with Gasteiger partial charge in [-0.2, -0.15) is 0 Å². The summed E-state index contributed by atoms with van der Waals surface area (Å²) in [5.74, 6) is -1.87. The molecule has 2 atom stereocenters. The number of hydrogen-bond acceptors (Lipinski definition) is 7. The molecule has 2 heterocycles. The molecule has 3 N–H and O–H groups in total. The number of fused-ring (bicyclic) bond motifs is 1. The molecule has 0 spiro atoms. The third-order valence-electron chi connectivity index (χ3n) is 5.44. The molecule has 1 fully saturated rings. The number of anilines is 2. The van der Waals surface area contributed by atoms with Gasteiger partial charge in [0, 0.05) is 28.6 Å². The Morgan fingerprint density at radius 1 is 1.26 bits per heavy atom. The maximum atomic E-state index is 13.4. The van der Waals surface area contributed by atoms with Crippen molar-refractivity contribution in [2.24, 2.45) is 16.1 Å². The molecule has 1 unspecified atom stereocenters. The Morgan fingerprint density at radius 3 is 2.76 bits per heavy atom. The van der Waals surface area contributed by atoms with Gasteiger partial charge in [0.2, 0.25) is 0 Å². The molecule has 2 aromatic rings. The molecular weight excluding hydrogens is 462 g/mol. The zero-order valence-electron chi connectivity index (χ0n) is 18.2. The number of urea groups is 2. The lowest BCUT2D eigenvalue weighted by molar-refractivity contribution is -0.121. The van der Waals surface area contributed by atoms with Crippen LogP contribution >= 0.6 is 11.6 Å². The maximum absolute atomic E-state index is 13.4. The standard InChI is InChI=1S/C22H22ClN7O4/c1-13(19(31)28-34)11-30-21(32)27-20(26-16-6-7-17-18(10-16)25-9-8-24-17)29(22(30)33)12-14-2-4-15(23)5-3-14/h2-8,10,13,20,25-26H,9,11-12H2,1H3,(H,27,32)/t13-,20?/m0/s1. The van der Waals surface area contributed by atoms with Gasteiger partial charge in [0.05, 0.1) is 30.4 Å². The summed E-state index contributed by atoms with van der Waals surface area (Å²) in [6.45, 7) is 1.89. The van der Waals surface area contributed by atoms with E-state index in [1.54, 1.807) is 36.5 Å². The van der Waals surface area contributed by atoms with E-state index in [4.69, 9.17) is 11.6 Å². The lowest BCUT2D eigenvalue weighted by Crippen LogP contribution is -2.67. The van der Waals surface area contributed by atoms with Crippen LogP contribution in [0, 0.1) is 10.8 Å². The van der Waals surface area contributed by atoms with Gasteiger partial charge in [-0.05, 0) is 35.9 Å². The van der Waals surface area contributed by atoms with E-state index >= 15 is 0 Å². The Hall–Kier alpha value is -3.99. The van der Waals surface area contributed by atoms with Gasteiger partial charge in [-0.3, -0.25) is 20.0 Å². The lowest BCUT2D eigenvalue weighted by atomic mass is 10.1. The Morgan fingerprint density at radius 2 is 2.03 bits per heavy atom. The number of nitrogens with zero attached hydrogens (tertiary/aromatic N) is 4. The molecule has 2 aliphatic heterocycles. The first kappa shape index (κ1) is 23.2. The predicted molar refractivity (Wildman–Crippen MR) is 128 cm³/mol. The summed E-state index contributed by atoms with van der Waals surface area (Å²) in [5, 5.41) is 12.1. The first-order chi connectivity index (χ1) is 16.4. The van der Waals surface area contributed by atoms with Crippen LogP contribution < -0.4 is 16.0 Å². The van der Waals surface area contributed by atoms with Crippen LogP contribution in [0.5, 0.6) is 0 Å². The third-order valence-corrected chi connectivity index (χ3v) is 5.69. The van der Waals surface area contributed by atoms with E-state index in [1.165, 1.54) is 11.8 Å². The van der Waals surface area contributed by atoms with Crippen molar-refractivity contribution in [2.45, 2.75) is 19.8 Å². The first-order valence-corrected chi connectivity index (χ1v) is 10.9. The maximum Gasteiger partial charge on any atom is 0.331 e. The molecule has 1 saturated heterocycles. The number of rotatable bonds is 7. The largest absolute Gasteiger partial charge is 0.378 e. The molecule has 0 bridgehead atoms. The summed E-state index contributed by atoms with van der Waals surface area (Å²) in [5.41, 5.74) is 3.04. The summed E-state index contributed by atoms with van der Waals surface area (Å²) in [6, 6.07) is 11.1. The minimum Gasteiger partial charge on any atom is -0.378 e. The van der Waals surface area contributed by atoms with Crippen LogP contribution in [0.4, 0.5) is 26.7 Å². The number of imide groups is 1. The van der Waals surface area contributed by atoms with Crippen LogP contribution in [-0.2, 0) is 11.3 Å². The van der Waals surface area contributed by atoms with Crippen LogP contribution in [0.25, 0.3) is 0 Å². The van der Waals surface area contributed by atoms with Gasteiger partial charge in [-0.25, -0.2) is 14.5 Å². The van der Waals surface area contributed by atoms with Crippen molar-refractivity contribution in [1.82, 2.24) is 15.1 Å². The van der Waals surface area contributed by atoms with Gasteiger partial charge < -0.3 is 10.6 Å². The molecule has 0 saturated carbocycles. The number of benzene rings is 2. The van der Waals surface area contributed by atoms with E-state index in [1.807, 2.05) is 12.1 Å². The van der Waals surface area contributed by atoms with Crippen molar-refractivity contribution >= 4 is 52.8 Å². The normalized spacial score (nSPS) is 18.0. The van der Waals surface area contributed by atoms with Crippen molar-refractivity contribution in [3.05, 3.63) is 58.0 Å². The monoisotopic (exact) mass is 483 g/mol. The minimum absolute atomic E-state index is 0.145. The Bertz CT molecular complexity index is 1150. The number of hydrogen-bond donors (Lipinski definition) is 3.